The summed E-state index contributed by atoms with van der Waals surface area (Å²) in [7, 11) is 1.44. The third-order valence-corrected chi connectivity index (χ3v) is 6.26. The van der Waals surface area contributed by atoms with E-state index in [1.807, 2.05) is 6.07 Å². The lowest BCUT2D eigenvalue weighted by molar-refractivity contribution is -0.145. The molecule has 0 amide bonds. The summed E-state index contributed by atoms with van der Waals surface area (Å²) in [6.45, 7) is 7.24. The van der Waals surface area contributed by atoms with Gasteiger partial charge in [-0.05, 0) is 37.5 Å². The molecule has 0 aromatic heterocycles. The van der Waals surface area contributed by atoms with E-state index in [0.717, 1.165) is 38.5 Å². The average Bonchev–Trinajstić information content (AvgIpc) is 3.02. The summed E-state index contributed by atoms with van der Waals surface area (Å²) in [5.41, 5.74) is 0.305. The molecule has 1 aliphatic heterocycles. The molecule has 5 atom stereocenters. The topological polar surface area (TPSA) is 88.4 Å². The third kappa shape index (κ3) is 5.32. The molecule has 1 spiro atoms. The molecule has 0 radical (unpaired) electrons. The van der Waals surface area contributed by atoms with Gasteiger partial charge in [-0.25, -0.2) is 0 Å². The highest BCUT2D eigenvalue weighted by molar-refractivity contribution is 5.69. The van der Waals surface area contributed by atoms with Crippen LogP contribution in [0.3, 0.4) is 0 Å². The molecule has 0 bridgehead atoms. The van der Waals surface area contributed by atoms with Crippen molar-refractivity contribution in [3.8, 4) is 6.07 Å². The van der Waals surface area contributed by atoms with E-state index in [1.54, 1.807) is 0 Å². The van der Waals surface area contributed by atoms with Crippen LogP contribution >= 0.6 is 0 Å². The minimum Gasteiger partial charge on any atom is -0.469 e. The second-order valence-corrected chi connectivity index (χ2v) is 8.12. The largest absolute Gasteiger partial charge is 0.469 e. The first-order valence-electron chi connectivity index (χ1n) is 9.92. The maximum Gasteiger partial charge on any atom is 0.305 e. The lowest BCUT2D eigenvalue weighted by Gasteiger charge is -2.46. The summed E-state index contributed by atoms with van der Waals surface area (Å²) in [6.07, 6.45) is 6.94. The monoisotopic (exact) mass is 376 g/mol. The van der Waals surface area contributed by atoms with E-state index in [4.69, 9.17) is 14.7 Å². The van der Waals surface area contributed by atoms with E-state index in [-0.39, 0.29) is 29.0 Å². The third-order valence-electron chi connectivity index (χ3n) is 6.26. The van der Waals surface area contributed by atoms with Crippen LogP contribution in [0.15, 0.2) is 12.2 Å². The van der Waals surface area contributed by atoms with Crippen LogP contribution in [0.5, 0.6) is 0 Å². The Morgan fingerprint density at radius 2 is 2.00 bits per heavy atom. The summed E-state index contributed by atoms with van der Waals surface area (Å²) in [4.78, 5) is 23.1. The molecule has 1 N–H and O–H groups in total. The molecule has 6 heteroatoms. The number of nitrogens with zero attached hydrogens (tertiary/aromatic N) is 1. The van der Waals surface area contributed by atoms with Crippen molar-refractivity contribution in [2.45, 2.75) is 82.9 Å². The fraction of sp³-hybridized carbons (Fsp3) is 0.762. The Kier molecular flexibility index (Phi) is 7.43. The van der Waals surface area contributed by atoms with Crippen molar-refractivity contribution in [1.29, 1.82) is 5.26 Å². The molecule has 150 valence electrons. The second-order valence-electron chi connectivity index (χ2n) is 8.12. The van der Waals surface area contributed by atoms with Crippen molar-refractivity contribution in [2.24, 2.45) is 11.8 Å². The number of nitriles is 1. The fourth-order valence-corrected chi connectivity index (χ4v) is 5.09. The van der Waals surface area contributed by atoms with Gasteiger partial charge in [-0.1, -0.05) is 26.3 Å². The maximum absolute atomic E-state index is 11.7. The molecule has 1 unspecified atom stereocenters. The lowest BCUT2D eigenvalue weighted by Crippen LogP contribution is -2.57. The predicted molar refractivity (Wildman–Crippen MR) is 102 cm³/mol. The van der Waals surface area contributed by atoms with Crippen LogP contribution in [-0.4, -0.2) is 36.7 Å². The number of rotatable bonds is 7. The van der Waals surface area contributed by atoms with Crippen molar-refractivity contribution in [3.63, 3.8) is 0 Å². The Morgan fingerprint density at radius 1 is 1.33 bits per heavy atom. The number of methoxy groups -OCH3 is 1. The minimum atomic E-state index is -0.576. The van der Waals surface area contributed by atoms with Crippen LogP contribution in [0.4, 0.5) is 0 Å². The van der Waals surface area contributed by atoms with Crippen molar-refractivity contribution in [3.05, 3.63) is 12.2 Å². The molecule has 6 nitrogen and oxygen atoms in total. The van der Waals surface area contributed by atoms with E-state index in [0.29, 0.717) is 18.8 Å². The SMILES string of the molecule is C=C(C#N)C(C[C@H]1CCC[C@]2(CCC[C@@H]2[C@@H](C)CC(=O)OC)N1)OC(C)=O. The molecule has 0 aromatic carbocycles. The highest BCUT2D eigenvalue weighted by Crippen LogP contribution is 2.47. The Bertz CT molecular complexity index is 612. The van der Waals surface area contributed by atoms with Gasteiger partial charge in [0.15, 0.2) is 0 Å². The number of hydrogen-bond donors (Lipinski definition) is 1. The van der Waals surface area contributed by atoms with Crippen LogP contribution < -0.4 is 5.32 Å². The van der Waals surface area contributed by atoms with E-state index in [2.05, 4.69) is 18.8 Å². The summed E-state index contributed by atoms with van der Waals surface area (Å²) < 4.78 is 10.2. The molecule has 27 heavy (non-hydrogen) atoms. The van der Waals surface area contributed by atoms with Gasteiger partial charge in [-0.2, -0.15) is 5.26 Å². The molecule has 2 aliphatic rings. The quantitative estimate of drug-likeness (QED) is 0.542. The van der Waals surface area contributed by atoms with Gasteiger partial charge in [0.2, 0.25) is 0 Å². The van der Waals surface area contributed by atoms with Gasteiger partial charge in [-0.15, -0.1) is 0 Å². The number of nitrogens with one attached hydrogen (secondary N) is 1. The van der Waals surface area contributed by atoms with E-state index >= 15 is 0 Å². The molecule has 1 saturated heterocycles. The Morgan fingerprint density at radius 3 is 2.59 bits per heavy atom. The van der Waals surface area contributed by atoms with Gasteiger partial charge >= 0.3 is 11.9 Å². The van der Waals surface area contributed by atoms with Gasteiger partial charge in [-0.3, -0.25) is 9.59 Å². The van der Waals surface area contributed by atoms with Gasteiger partial charge in [0.05, 0.1) is 18.8 Å². The molecule has 1 heterocycles. The number of carbonyl (C=O) groups is 2. The zero-order valence-electron chi connectivity index (χ0n) is 16.8. The second kappa shape index (κ2) is 9.36. The summed E-state index contributed by atoms with van der Waals surface area (Å²) in [6, 6.07) is 2.19. The summed E-state index contributed by atoms with van der Waals surface area (Å²) in [5.74, 6) is 0.125. The zero-order chi connectivity index (χ0) is 20.0. The van der Waals surface area contributed by atoms with Gasteiger partial charge in [0.25, 0.3) is 0 Å². The molecule has 1 saturated carbocycles. The maximum atomic E-state index is 11.7. The number of hydrogen-bond acceptors (Lipinski definition) is 6. The highest BCUT2D eigenvalue weighted by Gasteiger charge is 2.48. The van der Waals surface area contributed by atoms with Crippen molar-refractivity contribution in [2.75, 3.05) is 7.11 Å². The van der Waals surface area contributed by atoms with Crippen LogP contribution in [0.2, 0.25) is 0 Å². The normalized spacial score (nSPS) is 29.6. The number of esters is 2. The first-order valence-corrected chi connectivity index (χ1v) is 9.92. The number of carbonyl (C=O) groups excluding carboxylic acids is 2. The predicted octanol–water partition coefficient (Wildman–Crippen LogP) is 3.27. The Balaban J connectivity index is 2.08. The summed E-state index contributed by atoms with van der Waals surface area (Å²) >= 11 is 0. The number of ether oxygens (including phenoxy) is 2. The summed E-state index contributed by atoms with van der Waals surface area (Å²) in [5, 5.41) is 13.0. The van der Waals surface area contributed by atoms with Gasteiger partial charge < -0.3 is 14.8 Å². The molecule has 2 rings (SSSR count). The van der Waals surface area contributed by atoms with E-state index in [9.17, 15) is 9.59 Å². The van der Waals surface area contributed by atoms with Gasteiger partial charge in [0.1, 0.15) is 6.10 Å². The molecular weight excluding hydrogens is 344 g/mol. The lowest BCUT2D eigenvalue weighted by atomic mass is 9.71. The van der Waals surface area contributed by atoms with Crippen LogP contribution in [0, 0.1) is 23.2 Å². The van der Waals surface area contributed by atoms with Crippen LogP contribution in [0.25, 0.3) is 0 Å². The zero-order valence-corrected chi connectivity index (χ0v) is 16.8. The van der Waals surface area contributed by atoms with Crippen molar-refractivity contribution < 1.29 is 19.1 Å². The van der Waals surface area contributed by atoms with Crippen LogP contribution in [-0.2, 0) is 19.1 Å². The van der Waals surface area contributed by atoms with Crippen molar-refractivity contribution in [1.82, 2.24) is 5.32 Å². The standard InChI is InChI=1S/C21H32N2O4/c1-14(11-20(25)26-4)18-8-6-10-21(18)9-5-7-17(23-21)12-19(15(2)13-22)27-16(3)24/h14,17-19,23H,2,5-12H2,1,3-4H3/t14-,17+,18+,19?,21+/m0/s1. The Labute approximate surface area is 162 Å². The minimum absolute atomic E-state index is 0.0190. The molecule has 2 fully saturated rings. The van der Waals surface area contributed by atoms with Gasteiger partial charge in [0, 0.05) is 31.3 Å². The molecule has 0 aromatic rings. The molecule has 1 aliphatic carbocycles. The van der Waals surface area contributed by atoms with Crippen molar-refractivity contribution >= 4 is 11.9 Å². The molecular formula is C21H32N2O4. The Hall–Kier alpha value is -1.87. The smallest absolute Gasteiger partial charge is 0.305 e. The number of piperidine rings is 1. The first-order chi connectivity index (χ1) is 12.8. The van der Waals surface area contributed by atoms with E-state index in [1.165, 1.54) is 14.0 Å². The van der Waals surface area contributed by atoms with E-state index < -0.39 is 12.1 Å². The fourth-order valence-electron chi connectivity index (χ4n) is 5.09. The van der Waals surface area contributed by atoms with Crippen LogP contribution in [0.1, 0.15) is 65.2 Å². The highest BCUT2D eigenvalue weighted by atomic mass is 16.5. The average molecular weight is 376 g/mol. The first kappa shape index (κ1) is 21.4.